The van der Waals surface area contributed by atoms with E-state index < -0.39 is 5.54 Å². The van der Waals surface area contributed by atoms with E-state index in [1.165, 1.54) is 50.5 Å². The van der Waals surface area contributed by atoms with Gasteiger partial charge in [-0.05, 0) is 61.4 Å². The van der Waals surface area contributed by atoms with Crippen molar-refractivity contribution in [1.82, 2.24) is 0 Å². The van der Waals surface area contributed by atoms with Gasteiger partial charge in [-0.2, -0.15) is 13.7 Å². The first kappa shape index (κ1) is 25.1. The number of hydrogen-bond donors (Lipinski definition) is 0. The van der Waals surface area contributed by atoms with Gasteiger partial charge in [0.2, 0.25) is 30.2 Å². The van der Waals surface area contributed by atoms with Gasteiger partial charge in [-0.1, -0.05) is 54.6 Å². The average molecular weight is 533 g/mol. The Kier molecular flexibility index (Phi) is 6.28. The fourth-order valence-electron chi connectivity index (χ4n) is 6.65. The summed E-state index contributed by atoms with van der Waals surface area (Å²) in [5.41, 5.74) is 11.0. The molecule has 3 heteroatoms. The quantitative estimate of drug-likeness (QED) is 0.221. The molecule has 7 rings (SSSR count). The predicted molar refractivity (Wildman–Crippen MR) is 163 cm³/mol. The molecular weight excluding hydrogens is 498 g/mol. The lowest BCUT2D eigenvalue weighted by Gasteiger charge is -2.31. The average Bonchev–Trinajstić information content (AvgIpc) is 3.02. The third-order valence-corrected chi connectivity index (χ3v) is 8.61. The summed E-state index contributed by atoms with van der Waals surface area (Å²) in [4.78, 5) is 0. The molecule has 0 saturated heterocycles. The third kappa shape index (κ3) is 4.25. The van der Waals surface area contributed by atoms with E-state index in [1.807, 2.05) is 0 Å². The molecule has 198 valence electrons. The van der Waals surface area contributed by atoms with Crippen molar-refractivity contribution in [3.63, 3.8) is 0 Å². The van der Waals surface area contributed by atoms with E-state index in [0.717, 1.165) is 13.1 Å². The second-order valence-electron chi connectivity index (χ2n) is 11.1. The fraction of sp³-hybridized carbons (Fsp3) is 0.132. The Morgan fingerprint density at radius 2 is 1.05 bits per heavy atom. The predicted octanol–water partition coefficient (Wildman–Crippen LogP) is 6.62. The Morgan fingerprint density at radius 3 is 1.78 bits per heavy atom. The molecule has 0 aliphatic carbocycles. The highest BCUT2D eigenvalue weighted by Crippen LogP contribution is 2.37. The van der Waals surface area contributed by atoms with Crippen LogP contribution in [0.5, 0.6) is 0 Å². The third-order valence-electron chi connectivity index (χ3n) is 8.61. The molecular formula is C38H34N3+3. The van der Waals surface area contributed by atoms with Gasteiger partial charge in [0.05, 0.1) is 11.1 Å². The van der Waals surface area contributed by atoms with Crippen LogP contribution < -0.4 is 13.7 Å². The summed E-state index contributed by atoms with van der Waals surface area (Å²) in [5.74, 6) is 0. The van der Waals surface area contributed by atoms with Crippen molar-refractivity contribution in [2.75, 3.05) is 0 Å². The normalized spacial score (nSPS) is 15.7. The van der Waals surface area contributed by atoms with Crippen LogP contribution in [0.4, 0.5) is 0 Å². The minimum Gasteiger partial charge on any atom is -0.190 e. The summed E-state index contributed by atoms with van der Waals surface area (Å²) < 4.78 is 7.43. The zero-order valence-electron chi connectivity index (χ0n) is 23.6. The SMILES string of the molecule is Cc1ccccc1-c1cccc[n+]1CC1([n+]2ccccc2-c2ccccc2C)C[n+]2ccccc2-c2ccccc21. The molecule has 0 spiro atoms. The van der Waals surface area contributed by atoms with Crippen LogP contribution in [-0.4, -0.2) is 0 Å². The molecule has 0 saturated carbocycles. The summed E-state index contributed by atoms with van der Waals surface area (Å²) in [5, 5.41) is 0. The van der Waals surface area contributed by atoms with Crippen LogP contribution in [0, 0.1) is 13.8 Å². The van der Waals surface area contributed by atoms with E-state index in [9.17, 15) is 0 Å². The van der Waals surface area contributed by atoms with Crippen LogP contribution in [-0.2, 0) is 18.6 Å². The summed E-state index contributed by atoms with van der Waals surface area (Å²) in [7, 11) is 0. The molecule has 4 heterocycles. The van der Waals surface area contributed by atoms with Crippen LogP contribution >= 0.6 is 0 Å². The molecule has 0 bridgehead atoms. The smallest absolute Gasteiger partial charge is 0.190 e. The summed E-state index contributed by atoms with van der Waals surface area (Å²) in [6, 6.07) is 46.1. The number of aromatic nitrogens is 3. The molecule has 0 amide bonds. The molecule has 0 fully saturated rings. The second-order valence-corrected chi connectivity index (χ2v) is 11.1. The second kappa shape index (κ2) is 10.3. The number of rotatable bonds is 5. The Bertz CT molecular complexity index is 1890. The van der Waals surface area contributed by atoms with Crippen LogP contribution in [0.1, 0.15) is 16.7 Å². The summed E-state index contributed by atoms with van der Waals surface area (Å²) >= 11 is 0. The lowest BCUT2D eigenvalue weighted by Crippen LogP contribution is -2.71. The largest absolute Gasteiger partial charge is 0.310 e. The Morgan fingerprint density at radius 1 is 0.512 bits per heavy atom. The van der Waals surface area contributed by atoms with Gasteiger partial charge in [0.1, 0.15) is 0 Å². The highest BCUT2D eigenvalue weighted by molar-refractivity contribution is 5.65. The van der Waals surface area contributed by atoms with Gasteiger partial charge < -0.3 is 0 Å². The maximum Gasteiger partial charge on any atom is 0.310 e. The first-order valence-corrected chi connectivity index (χ1v) is 14.4. The number of pyridine rings is 3. The highest BCUT2D eigenvalue weighted by Gasteiger charge is 2.56. The Balaban J connectivity index is 1.53. The van der Waals surface area contributed by atoms with Gasteiger partial charge in [-0.15, -0.1) is 0 Å². The van der Waals surface area contributed by atoms with E-state index in [-0.39, 0.29) is 0 Å². The zero-order chi connectivity index (χ0) is 27.8. The van der Waals surface area contributed by atoms with Crippen molar-refractivity contribution in [2.24, 2.45) is 0 Å². The zero-order valence-corrected chi connectivity index (χ0v) is 23.6. The standard InChI is InChI=1S/C38H34N3/c1-29-15-3-5-17-31(29)35-21-9-12-24-39(35)27-38(41-26-14-11-23-37(41)32-18-6-4-16-30(32)2)28-40-25-13-10-22-36(40)33-19-7-8-20-34(33)38/h3-26H,27-28H2,1-2H3/q+3. The summed E-state index contributed by atoms with van der Waals surface area (Å²) in [6.45, 7) is 5.99. The molecule has 3 aromatic heterocycles. The van der Waals surface area contributed by atoms with E-state index in [4.69, 9.17) is 0 Å². The van der Waals surface area contributed by atoms with Crippen molar-refractivity contribution in [3.05, 3.63) is 163 Å². The van der Waals surface area contributed by atoms with E-state index in [0.29, 0.717) is 0 Å². The maximum atomic E-state index is 2.54. The molecule has 0 N–H and O–H groups in total. The van der Waals surface area contributed by atoms with Gasteiger partial charge in [0.15, 0.2) is 18.6 Å². The van der Waals surface area contributed by atoms with Crippen molar-refractivity contribution < 1.29 is 13.7 Å². The lowest BCUT2D eigenvalue weighted by molar-refractivity contribution is -0.860. The van der Waals surface area contributed by atoms with Crippen molar-refractivity contribution in [1.29, 1.82) is 0 Å². The van der Waals surface area contributed by atoms with Gasteiger partial charge in [0, 0.05) is 47.5 Å². The fourth-order valence-corrected chi connectivity index (χ4v) is 6.65. The number of hydrogen-bond acceptors (Lipinski definition) is 0. The van der Waals surface area contributed by atoms with E-state index in [2.05, 4.69) is 174 Å². The van der Waals surface area contributed by atoms with Gasteiger partial charge in [-0.3, -0.25) is 0 Å². The van der Waals surface area contributed by atoms with Gasteiger partial charge >= 0.3 is 5.54 Å². The van der Waals surface area contributed by atoms with Crippen LogP contribution in [0.15, 0.2) is 146 Å². The van der Waals surface area contributed by atoms with E-state index >= 15 is 0 Å². The minimum atomic E-state index is -0.405. The first-order valence-electron chi connectivity index (χ1n) is 14.4. The van der Waals surface area contributed by atoms with Crippen LogP contribution in [0.2, 0.25) is 0 Å². The summed E-state index contributed by atoms with van der Waals surface area (Å²) in [6.07, 6.45) is 6.76. The maximum absolute atomic E-state index is 2.54. The van der Waals surface area contributed by atoms with Crippen LogP contribution in [0.3, 0.4) is 0 Å². The first-order chi connectivity index (χ1) is 20.2. The van der Waals surface area contributed by atoms with Crippen molar-refractivity contribution >= 4 is 0 Å². The Hall–Kier alpha value is -4.89. The van der Waals surface area contributed by atoms with E-state index in [1.54, 1.807) is 0 Å². The Labute approximate surface area is 242 Å². The monoisotopic (exact) mass is 532 g/mol. The molecule has 1 aliphatic rings. The number of benzene rings is 3. The van der Waals surface area contributed by atoms with Crippen LogP contribution in [0.25, 0.3) is 33.8 Å². The molecule has 3 aromatic carbocycles. The van der Waals surface area contributed by atoms with Crippen molar-refractivity contribution in [3.8, 4) is 33.8 Å². The lowest BCUT2D eigenvalue weighted by atomic mass is 9.80. The number of nitrogens with zero attached hydrogens (tertiary/aromatic N) is 3. The molecule has 41 heavy (non-hydrogen) atoms. The molecule has 1 atom stereocenters. The molecule has 0 radical (unpaired) electrons. The molecule has 6 aromatic rings. The van der Waals surface area contributed by atoms with Gasteiger partial charge in [0.25, 0.3) is 0 Å². The van der Waals surface area contributed by atoms with Gasteiger partial charge in [-0.25, -0.2) is 0 Å². The number of fused-ring (bicyclic) bond motifs is 3. The molecule has 1 unspecified atom stereocenters. The molecule has 1 aliphatic heterocycles. The minimum absolute atomic E-state index is 0.405. The topological polar surface area (TPSA) is 11.6 Å². The highest BCUT2D eigenvalue weighted by atomic mass is 15.2. The number of aryl methyl sites for hydroxylation is 2. The molecule has 3 nitrogen and oxygen atoms in total. The van der Waals surface area contributed by atoms with Crippen molar-refractivity contribution in [2.45, 2.75) is 32.5 Å².